The summed E-state index contributed by atoms with van der Waals surface area (Å²) in [6.45, 7) is 0. The molecule has 0 radical (unpaired) electrons. The van der Waals surface area contributed by atoms with E-state index in [9.17, 15) is 19.8 Å². The van der Waals surface area contributed by atoms with E-state index in [1.807, 2.05) is 0 Å². The maximum atomic E-state index is 10.8. The largest absolute Gasteiger partial charge is 0.507 e. The minimum atomic E-state index is -1.31. The lowest BCUT2D eigenvalue weighted by molar-refractivity contribution is 0.0682. The third-order valence-corrected chi connectivity index (χ3v) is 2.53. The smallest absolute Gasteiger partial charge is 0.339 e. The van der Waals surface area contributed by atoms with Gasteiger partial charge in [0.15, 0.2) is 0 Å². The number of aromatic hydroxyl groups is 2. The van der Waals surface area contributed by atoms with Crippen molar-refractivity contribution >= 4 is 22.7 Å². The Kier molecular flexibility index (Phi) is 2.55. The second-order valence-corrected chi connectivity index (χ2v) is 3.70. The lowest BCUT2D eigenvalue weighted by atomic mass is 10.0. The Morgan fingerprint density at radius 1 is 0.722 bits per heavy atom. The molecule has 0 atom stereocenters. The Hall–Kier alpha value is -2.76. The summed E-state index contributed by atoms with van der Waals surface area (Å²) in [6, 6.07) is 4.62. The van der Waals surface area contributed by atoms with Crippen LogP contribution in [-0.2, 0) is 0 Å². The van der Waals surface area contributed by atoms with Gasteiger partial charge in [-0.15, -0.1) is 0 Å². The summed E-state index contributed by atoms with van der Waals surface area (Å²) in [6.07, 6.45) is 0. The van der Waals surface area contributed by atoms with Crippen molar-refractivity contribution in [3.05, 3.63) is 35.4 Å². The molecule has 0 aliphatic rings. The molecule has 0 bridgehead atoms. The molecule has 0 spiro atoms. The van der Waals surface area contributed by atoms with Crippen LogP contribution in [0.25, 0.3) is 10.8 Å². The molecule has 0 aliphatic heterocycles. The zero-order valence-corrected chi connectivity index (χ0v) is 8.91. The molecule has 2 aromatic carbocycles. The van der Waals surface area contributed by atoms with Crippen LogP contribution in [0.15, 0.2) is 24.3 Å². The van der Waals surface area contributed by atoms with Crippen LogP contribution in [0.5, 0.6) is 11.5 Å². The number of carboxylic acids is 2. The minimum Gasteiger partial charge on any atom is -0.507 e. The van der Waals surface area contributed by atoms with Gasteiger partial charge >= 0.3 is 11.9 Å². The van der Waals surface area contributed by atoms with Crippen LogP contribution in [0.4, 0.5) is 0 Å². The van der Waals surface area contributed by atoms with Crippen LogP contribution in [0.3, 0.4) is 0 Å². The molecule has 6 nitrogen and oxygen atoms in total. The zero-order valence-electron chi connectivity index (χ0n) is 8.91. The number of carboxylic acid groups (broad SMARTS) is 2. The van der Waals surface area contributed by atoms with Crippen LogP contribution in [0.2, 0.25) is 0 Å². The molecule has 4 N–H and O–H groups in total. The van der Waals surface area contributed by atoms with Gasteiger partial charge in [0.25, 0.3) is 0 Å². The van der Waals surface area contributed by atoms with E-state index >= 15 is 0 Å². The van der Waals surface area contributed by atoms with Gasteiger partial charge in [0.1, 0.15) is 22.6 Å². The van der Waals surface area contributed by atoms with E-state index in [-0.39, 0.29) is 11.1 Å². The molecule has 0 saturated carbocycles. The van der Waals surface area contributed by atoms with E-state index in [0.29, 0.717) is 10.8 Å². The monoisotopic (exact) mass is 248 g/mol. The average Bonchev–Trinajstić information content (AvgIpc) is 2.27. The van der Waals surface area contributed by atoms with Gasteiger partial charge in [-0.1, -0.05) is 0 Å². The van der Waals surface area contributed by atoms with Gasteiger partial charge in [0.2, 0.25) is 0 Å². The molecule has 0 aromatic heterocycles. The third-order valence-electron chi connectivity index (χ3n) is 2.53. The summed E-state index contributed by atoms with van der Waals surface area (Å²) in [7, 11) is 0. The summed E-state index contributed by atoms with van der Waals surface area (Å²) in [4.78, 5) is 21.6. The van der Waals surface area contributed by atoms with Gasteiger partial charge in [0.05, 0.1) is 0 Å². The third kappa shape index (κ3) is 1.80. The van der Waals surface area contributed by atoms with E-state index in [0.717, 1.165) is 12.1 Å². The fourth-order valence-electron chi connectivity index (χ4n) is 1.67. The highest BCUT2D eigenvalue weighted by molar-refractivity contribution is 6.01. The Morgan fingerprint density at radius 3 is 1.33 bits per heavy atom. The number of fused-ring (bicyclic) bond motifs is 1. The lowest BCUT2D eigenvalue weighted by Crippen LogP contribution is -1.99. The molecule has 0 heterocycles. The summed E-state index contributed by atoms with van der Waals surface area (Å²) < 4.78 is 0. The molecule has 6 heteroatoms. The number of hydrogen-bond donors (Lipinski definition) is 4. The van der Waals surface area contributed by atoms with Crippen molar-refractivity contribution in [2.75, 3.05) is 0 Å². The highest BCUT2D eigenvalue weighted by Crippen LogP contribution is 2.30. The van der Waals surface area contributed by atoms with Gasteiger partial charge in [0, 0.05) is 0 Å². The van der Waals surface area contributed by atoms with Crippen molar-refractivity contribution < 1.29 is 30.0 Å². The van der Waals surface area contributed by atoms with Crippen LogP contribution in [0, 0.1) is 0 Å². The van der Waals surface area contributed by atoms with Crippen molar-refractivity contribution in [2.24, 2.45) is 0 Å². The Morgan fingerprint density at radius 2 is 1.06 bits per heavy atom. The van der Waals surface area contributed by atoms with Gasteiger partial charge < -0.3 is 20.4 Å². The average molecular weight is 248 g/mol. The van der Waals surface area contributed by atoms with E-state index < -0.39 is 23.4 Å². The molecule has 0 fully saturated rings. The number of rotatable bonds is 2. The summed E-state index contributed by atoms with van der Waals surface area (Å²) in [5.74, 6) is -3.54. The Labute approximate surface area is 100 Å². The molecular weight excluding hydrogens is 240 g/mol. The highest BCUT2D eigenvalue weighted by atomic mass is 16.4. The van der Waals surface area contributed by atoms with Gasteiger partial charge in [-0.3, -0.25) is 0 Å². The zero-order chi connectivity index (χ0) is 13.4. The lowest BCUT2D eigenvalue weighted by Gasteiger charge is -2.06. The maximum Gasteiger partial charge on any atom is 0.339 e. The van der Waals surface area contributed by atoms with E-state index in [4.69, 9.17) is 10.2 Å². The molecule has 0 saturated heterocycles. The summed E-state index contributed by atoms with van der Waals surface area (Å²) in [5, 5.41) is 37.3. The predicted molar refractivity (Wildman–Crippen MR) is 61.2 cm³/mol. The number of carbonyl (C=O) groups is 2. The molecule has 18 heavy (non-hydrogen) atoms. The van der Waals surface area contributed by atoms with Crippen LogP contribution in [-0.4, -0.2) is 32.4 Å². The Bertz CT molecular complexity index is 615. The van der Waals surface area contributed by atoms with Crippen molar-refractivity contribution in [3.8, 4) is 11.5 Å². The van der Waals surface area contributed by atoms with Crippen molar-refractivity contribution in [3.63, 3.8) is 0 Å². The van der Waals surface area contributed by atoms with Crippen molar-refractivity contribution in [1.29, 1.82) is 0 Å². The number of phenols is 2. The predicted octanol–water partition coefficient (Wildman–Crippen LogP) is 1.65. The molecule has 0 unspecified atom stereocenters. The van der Waals surface area contributed by atoms with Crippen LogP contribution >= 0.6 is 0 Å². The maximum absolute atomic E-state index is 10.8. The number of hydrogen-bond acceptors (Lipinski definition) is 4. The van der Waals surface area contributed by atoms with Crippen molar-refractivity contribution in [2.45, 2.75) is 0 Å². The SMILES string of the molecule is O=C(O)c1cc2cc(O)c(C(=O)O)cc2cc1O. The second-order valence-electron chi connectivity index (χ2n) is 3.70. The normalized spacial score (nSPS) is 10.4. The second kappa shape index (κ2) is 3.92. The molecule has 0 amide bonds. The Balaban J connectivity index is 2.78. The topological polar surface area (TPSA) is 115 Å². The molecule has 2 aromatic rings. The fourth-order valence-corrected chi connectivity index (χ4v) is 1.67. The minimum absolute atomic E-state index is 0.315. The first-order valence-electron chi connectivity index (χ1n) is 4.86. The van der Waals surface area contributed by atoms with Gasteiger partial charge in [-0.25, -0.2) is 9.59 Å². The molecule has 92 valence electrons. The van der Waals surface area contributed by atoms with E-state index in [2.05, 4.69) is 0 Å². The van der Waals surface area contributed by atoms with E-state index in [1.54, 1.807) is 0 Å². The standard InChI is InChI=1S/C12H8O6/c13-9-4-6-2-8(12(17)18)10(14)3-5(6)1-7(9)11(15)16/h1-4,13-14H,(H,15,16)(H,17,18). The van der Waals surface area contributed by atoms with Crippen LogP contribution in [0.1, 0.15) is 20.7 Å². The molecule has 2 rings (SSSR count). The molecule has 0 aliphatic carbocycles. The van der Waals surface area contributed by atoms with Gasteiger partial charge in [-0.2, -0.15) is 0 Å². The molecular formula is C12H8O6. The summed E-state index contributed by atoms with van der Waals surface area (Å²) in [5.41, 5.74) is -0.630. The fraction of sp³-hybridized carbons (Fsp3) is 0. The first-order chi connectivity index (χ1) is 8.40. The number of benzene rings is 2. The van der Waals surface area contributed by atoms with Crippen molar-refractivity contribution in [1.82, 2.24) is 0 Å². The quantitative estimate of drug-likeness (QED) is 0.642. The number of aromatic carboxylic acids is 2. The highest BCUT2D eigenvalue weighted by Gasteiger charge is 2.15. The first kappa shape index (κ1) is 11.7. The van der Waals surface area contributed by atoms with Crippen LogP contribution < -0.4 is 0 Å². The first-order valence-corrected chi connectivity index (χ1v) is 4.86. The summed E-state index contributed by atoms with van der Waals surface area (Å²) >= 11 is 0. The van der Waals surface area contributed by atoms with E-state index in [1.165, 1.54) is 12.1 Å². The van der Waals surface area contributed by atoms with Gasteiger partial charge in [-0.05, 0) is 35.0 Å².